The standard InChI is InChI=1S/C10H10N4O/c1-8(15)5-9-3-2-4-10(6-9)14-7-11-12-13-14/h2-4,6-7H,5H2,1H3. The van der Waals surface area contributed by atoms with E-state index in [-0.39, 0.29) is 5.78 Å². The Bertz CT molecular complexity index is 464. The van der Waals surface area contributed by atoms with E-state index in [4.69, 9.17) is 0 Å². The van der Waals surface area contributed by atoms with E-state index in [9.17, 15) is 4.79 Å². The third-order valence-electron chi connectivity index (χ3n) is 1.98. The monoisotopic (exact) mass is 202 g/mol. The van der Waals surface area contributed by atoms with Crippen molar-refractivity contribution in [2.45, 2.75) is 13.3 Å². The van der Waals surface area contributed by atoms with E-state index in [0.29, 0.717) is 6.42 Å². The first-order valence-corrected chi connectivity index (χ1v) is 4.57. The highest BCUT2D eigenvalue weighted by molar-refractivity contribution is 5.78. The summed E-state index contributed by atoms with van der Waals surface area (Å²) in [6, 6.07) is 7.59. The topological polar surface area (TPSA) is 60.7 Å². The van der Waals surface area contributed by atoms with E-state index in [1.165, 1.54) is 6.33 Å². The zero-order valence-electron chi connectivity index (χ0n) is 8.29. The lowest BCUT2D eigenvalue weighted by molar-refractivity contribution is -0.116. The molecule has 1 aromatic heterocycles. The highest BCUT2D eigenvalue weighted by Gasteiger charge is 2.01. The lowest BCUT2D eigenvalue weighted by Gasteiger charge is -2.02. The number of carbonyl (C=O) groups excluding carboxylic acids is 1. The van der Waals surface area contributed by atoms with Crippen LogP contribution in [-0.4, -0.2) is 26.0 Å². The third kappa shape index (κ3) is 2.25. The van der Waals surface area contributed by atoms with Gasteiger partial charge in [-0.05, 0) is 35.0 Å². The Hall–Kier alpha value is -2.04. The Morgan fingerprint density at radius 3 is 3.00 bits per heavy atom. The third-order valence-corrected chi connectivity index (χ3v) is 1.98. The average molecular weight is 202 g/mol. The predicted octanol–water partition coefficient (Wildman–Crippen LogP) is 0.794. The number of tetrazole rings is 1. The molecule has 1 aromatic carbocycles. The Balaban J connectivity index is 2.31. The van der Waals surface area contributed by atoms with Crippen LogP contribution in [-0.2, 0) is 11.2 Å². The van der Waals surface area contributed by atoms with Gasteiger partial charge in [-0.15, -0.1) is 5.10 Å². The fourth-order valence-electron chi connectivity index (χ4n) is 1.38. The highest BCUT2D eigenvalue weighted by Crippen LogP contribution is 2.09. The van der Waals surface area contributed by atoms with E-state index in [0.717, 1.165) is 11.3 Å². The molecule has 15 heavy (non-hydrogen) atoms. The van der Waals surface area contributed by atoms with Crippen molar-refractivity contribution in [1.82, 2.24) is 20.2 Å². The van der Waals surface area contributed by atoms with Crippen molar-refractivity contribution in [2.75, 3.05) is 0 Å². The number of hydrogen-bond donors (Lipinski definition) is 0. The second-order valence-corrected chi connectivity index (χ2v) is 3.30. The minimum atomic E-state index is 0.142. The number of rotatable bonds is 3. The molecule has 5 nitrogen and oxygen atoms in total. The van der Waals surface area contributed by atoms with Crippen molar-refractivity contribution in [3.63, 3.8) is 0 Å². The van der Waals surface area contributed by atoms with Crippen LogP contribution in [0.1, 0.15) is 12.5 Å². The zero-order chi connectivity index (χ0) is 10.7. The molecular formula is C10H10N4O. The molecule has 0 fully saturated rings. The number of ketones is 1. The molecule has 0 unspecified atom stereocenters. The second-order valence-electron chi connectivity index (χ2n) is 3.30. The van der Waals surface area contributed by atoms with Crippen molar-refractivity contribution in [3.8, 4) is 5.69 Å². The first-order chi connectivity index (χ1) is 7.25. The van der Waals surface area contributed by atoms with Crippen molar-refractivity contribution in [1.29, 1.82) is 0 Å². The van der Waals surface area contributed by atoms with Crippen LogP contribution < -0.4 is 0 Å². The quantitative estimate of drug-likeness (QED) is 0.738. The molecular weight excluding hydrogens is 192 g/mol. The van der Waals surface area contributed by atoms with Crippen molar-refractivity contribution in [3.05, 3.63) is 36.2 Å². The minimum absolute atomic E-state index is 0.142. The van der Waals surface area contributed by atoms with Gasteiger partial charge in [-0.1, -0.05) is 12.1 Å². The van der Waals surface area contributed by atoms with Gasteiger partial charge in [-0.3, -0.25) is 4.79 Å². The molecule has 2 aromatic rings. The van der Waals surface area contributed by atoms with Gasteiger partial charge >= 0.3 is 0 Å². The Morgan fingerprint density at radius 2 is 2.33 bits per heavy atom. The molecule has 0 aliphatic carbocycles. The van der Waals surface area contributed by atoms with Crippen LogP contribution in [0, 0.1) is 0 Å². The van der Waals surface area contributed by atoms with Gasteiger partial charge in [-0.2, -0.15) is 0 Å². The summed E-state index contributed by atoms with van der Waals surface area (Å²) in [6.45, 7) is 1.57. The fraction of sp³-hybridized carbons (Fsp3) is 0.200. The predicted molar refractivity (Wildman–Crippen MR) is 53.5 cm³/mol. The molecule has 0 N–H and O–H groups in total. The molecule has 0 aliphatic rings. The number of carbonyl (C=O) groups is 1. The molecule has 0 amide bonds. The molecule has 0 spiro atoms. The van der Waals surface area contributed by atoms with Crippen molar-refractivity contribution >= 4 is 5.78 Å². The Morgan fingerprint density at radius 1 is 1.47 bits per heavy atom. The van der Waals surface area contributed by atoms with Gasteiger partial charge in [0.05, 0.1) is 5.69 Å². The second kappa shape index (κ2) is 4.00. The number of benzene rings is 1. The maximum absolute atomic E-state index is 11.0. The summed E-state index contributed by atoms with van der Waals surface area (Å²) in [5, 5.41) is 10.9. The highest BCUT2D eigenvalue weighted by atomic mass is 16.1. The molecule has 0 saturated carbocycles. The lowest BCUT2D eigenvalue weighted by Crippen LogP contribution is -1.99. The molecule has 0 bridgehead atoms. The normalized spacial score (nSPS) is 10.2. The fourth-order valence-corrected chi connectivity index (χ4v) is 1.38. The van der Waals surface area contributed by atoms with Gasteiger partial charge < -0.3 is 0 Å². The van der Waals surface area contributed by atoms with Gasteiger partial charge in [0.2, 0.25) is 0 Å². The summed E-state index contributed by atoms with van der Waals surface area (Å²) < 4.78 is 1.56. The van der Waals surface area contributed by atoms with E-state index in [1.807, 2.05) is 24.3 Å². The smallest absolute Gasteiger partial charge is 0.143 e. The Labute approximate surface area is 86.7 Å². The van der Waals surface area contributed by atoms with Crippen LogP contribution in [0.25, 0.3) is 5.69 Å². The average Bonchev–Trinajstić information content (AvgIpc) is 2.69. The van der Waals surface area contributed by atoms with Gasteiger partial charge in [0, 0.05) is 6.42 Å². The summed E-state index contributed by atoms with van der Waals surface area (Å²) in [7, 11) is 0. The summed E-state index contributed by atoms with van der Waals surface area (Å²) in [4.78, 5) is 11.0. The first-order valence-electron chi connectivity index (χ1n) is 4.57. The number of aromatic nitrogens is 4. The maximum atomic E-state index is 11.0. The molecule has 0 atom stereocenters. The van der Waals surface area contributed by atoms with Crippen molar-refractivity contribution in [2.24, 2.45) is 0 Å². The van der Waals surface area contributed by atoms with Crippen LogP contribution in [0.2, 0.25) is 0 Å². The molecule has 0 saturated heterocycles. The van der Waals surface area contributed by atoms with Gasteiger partial charge in [-0.25, -0.2) is 4.68 Å². The van der Waals surface area contributed by atoms with E-state index in [2.05, 4.69) is 15.5 Å². The van der Waals surface area contributed by atoms with Crippen LogP contribution in [0.3, 0.4) is 0 Å². The molecule has 0 aliphatic heterocycles. The molecule has 76 valence electrons. The maximum Gasteiger partial charge on any atom is 0.143 e. The summed E-state index contributed by atoms with van der Waals surface area (Å²) >= 11 is 0. The number of nitrogens with zero attached hydrogens (tertiary/aromatic N) is 4. The van der Waals surface area contributed by atoms with Gasteiger partial charge in [0.15, 0.2) is 0 Å². The van der Waals surface area contributed by atoms with Gasteiger partial charge in [0.25, 0.3) is 0 Å². The number of hydrogen-bond acceptors (Lipinski definition) is 4. The van der Waals surface area contributed by atoms with Crippen LogP contribution in [0.4, 0.5) is 0 Å². The Kier molecular flexibility index (Phi) is 2.53. The summed E-state index contributed by atoms with van der Waals surface area (Å²) in [5.41, 5.74) is 1.83. The zero-order valence-corrected chi connectivity index (χ0v) is 8.29. The number of Topliss-reactive ketones (excluding diaryl/α,β-unsaturated/α-hetero) is 1. The molecule has 1 heterocycles. The van der Waals surface area contributed by atoms with Crippen LogP contribution >= 0.6 is 0 Å². The summed E-state index contributed by atoms with van der Waals surface area (Å²) in [5.74, 6) is 0.142. The van der Waals surface area contributed by atoms with E-state index < -0.39 is 0 Å². The van der Waals surface area contributed by atoms with Crippen molar-refractivity contribution < 1.29 is 4.79 Å². The lowest BCUT2D eigenvalue weighted by atomic mass is 10.1. The summed E-state index contributed by atoms with van der Waals surface area (Å²) in [6.07, 6.45) is 1.96. The van der Waals surface area contributed by atoms with E-state index >= 15 is 0 Å². The largest absolute Gasteiger partial charge is 0.300 e. The molecule has 5 heteroatoms. The van der Waals surface area contributed by atoms with E-state index in [1.54, 1.807) is 11.6 Å². The van der Waals surface area contributed by atoms with Crippen LogP contribution in [0.5, 0.6) is 0 Å². The van der Waals surface area contributed by atoms with Gasteiger partial charge in [0.1, 0.15) is 12.1 Å². The molecule has 0 radical (unpaired) electrons. The first kappa shape index (κ1) is 9.51. The molecule has 2 rings (SSSR count). The minimum Gasteiger partial charge on any atom is -0.300 e. The van der Waals surface area contributed by atoms with Crippen LogP contribution in [0.15, 0.2) is 30.6 Å². The SMILES string of the molecule is CC(=O)Cc1cccc(-n2cnnn2)c1.